The molecule has 2 aromatic carbocycles. The first-order valence-corrected chi connectivity index (χ1v) is 7.85. The zero-order chi connectivity index (χ0) is 17.3. The summed E-state index contributed by atoms with van der Waals surface area (Å²) >= 11 is 0. The molecular weight excluding hydrogens is 294 g/mol. The molecular formula is C21H19N3. The lowest BCUT2D eigenvalue weighted by molar-refractivity contribution is 1.28. The predicted molar refractivity (Wildman–Crippen MR) is 98.4 cm³/mol. The van der Waals surface area contributed by atoms with Crippen molar-refractivity contribution in [2.75, 3.05) is 5.73 Å². The van der Waals surface area contributed by atoms with E-state index in [1.54, 1.807) is 0 Å². The Labute approximate surface area is 142 Å². The van der Waals surface area contributed by atoms with Gasteiger partial charge in [0.05, 0.1) is 5.69 Å². The molecule has 3 nitrogen and oxygen atoms in total. The number of rotatable bonds is 2. The van der Waals surface area contributed by atoms with Crippen LogP contribution >= 0.6 is 0 Å². The van der Waals surface area contributed by atoms with Crippen LogP contribution < -0.4 is 5.73 Å². The highest BCUT2D eigenvalue weighted by Gasteiger charge is 2.14. The molecule has 0 spiro atoms. The Kier molecular flexibility index (Phi) is 4.05. The normalized spacial score (nSPS) is 10.4. The lowest BCUT2D eigenvalue weighted by Crippen LogP contribution is -2.00. The van der Waals surface area contributed by atoms with Gasteiger partial charge in [-0.1, -0.05) is 53.6 Å². The van der Waals surface area contributed by atoms with Gasteiger partial charge in [0.2, 0.25) is 0 Å². The molecule has 1 heterocycles. The number of nitrogens with two attached hydrogens (primary N) is 1. The highest BCUT2D eigenvalue weighted by Crippen LogP contribution is 2.32. The molecule has 0 aliphatic carbocycles. The van der Waals surface area contributed by atoms with E-state index in [0.717, 1.165) is 33.5 Å². The summed E-state index contributed by atoms with van der Waals surface area (Å²) in [6.07, 6.45) is 0. The predicted octanol–water partition coefficient (Wildman–Crippen LogP) is 4.79. The van der Waals surface area contributed by atoms with E-state index in [9.17, 15) is 5.26 Å². The largest absolute Gasteiger partial charge is 0.383 e. The van der Waals surface area contributed by atoms with Crippen LogP contribution in [0.3, 0.4) is 0 Å². The van der Waals surface area contributed by atoms with Gasteiger partial charge >= 0.3 is 0 Å². The van der Waals surface area contributed by atoms with E-state index in [1.165, 1.54) is 5.56 Å². The van der Waals surface area contributed by atoms with E-state index in [4.69, 9.17) is 5.73 Å². The third-order valence-corrected chi connectivity index (χ3v) is 4.15. The third kappa shape index (κ3) is 2.87. The molecule has 0 saturated heterocycles. The van der Waals surface area contributed by atoms with Crippen molar-refractivity contribution in [2.24, 2.45) is 0 Å². The van der Waals surface area contributed by atoms with Crippen molar-refractivity contribution >= 4 is 5.82 Å². The van der Waals surface area contributed by atoms with E-state index in [0.29, 0.717) is 5.56 Å². The van der Waals surface area contributed by atoms with Gasteiger partial charge in [-0.05, 0) is 38.0 Å². The van der Waals surface area contributed by atoms with Crippen molar-refractivity contribution in [1.82, 2.24) is 4.98 Å². The first-order chi connectivity index (χ1) is 11.5. The van der Waals surface area contributed by atoms with Gasteiger partial charge in [0.1, 0.15) is 17.5 Å². The first kappa shape index (κ1) is 15.8. The van der Waals surface area contributed by atoms with Crippen molar-refractivity contribution in [1.29, 1.82) is 5.26 Å². The van der Waals surface area contributed by atoms with Crippen molar-refractivity contribution < 1.29 is 0 Å². The Hall–Kier alpha value is -3.12. The zero-order valence-corrected chi connectivity index (χ0v) is 14.1. The molecule has 0 fully saturated rings. The summed E-state index contributed by atoms with van der Waals surface area (Å²) in [5, 5.41) is 9.51. The molecule has 118 valence electrons. The molecule has 0 amide bonds. The van der Waals surface area contributed by atoms with Crippen molar-refractivity contribution in [3.05, 3.63) is 70.8 Å². The van der Waals surface area contributed by atoms with Crippen LogP contribution in [0.15, 0.2) is 48.5 Å². The molecule has 0 aliphatic rings. The highest BCUT2D eigenvalue weighted by molar-refractivity contribution is 5.81. The average molecular weight is 313 g/mol. The minimum absolute atomic E-state index is 0.270. The number of nitriles is 1. The lowest BCUT2D eigenvalue weighted by Gasteiger charge is -2.12. The topological polar surface area (TPSA) is 62.7 Å². The van der Waals surface area contributed by atoms with Crippen molar-refractivity contribution in [3.8, 4) is 28.5 Å². The van der Waals surface area contributed by atoms with Gasteiger partial charge in [-0.2, -0.15) is 5.26 Å². The van der Waals surface area contributed by atoms with Gasteiger partial charge < -0.3 is 5.73 Å². The Morgan fingerprint density at radius 1 is 0.917 bits per heavy atom. The number of nitrogens with zero attached hydrogens (tertiary/aromatic N) is 2. The average Bonchev–Trinajstić information content (AvgIpc) is 2.54. The summed E-state index contributed by atoms with van der Waals surface area (Å²) < 4.78 is 0. The number of hydrogen-bond donors (Lipinski definition) is 1. The Morgan fingerprint density at radius 2 is 1.67 bits per heavy atom. The number of benzene rings is 2. The monoisotopic (exact) mass is 313 g/mol. The van der Waals surface area contributed by atoms with Crippen LogP contribution in [-0.4, -0.2) is 4.98 Å². The summed E-state index contributed by atoms with van der Waals surface area (Å²) in [4.78, 5) is 4.47. The molecule has 0 saturated carbocycles. The van der Waals surface area contributed by atoms with Gasteiger partial charge in [0.25, 0.3) is 0 Å². The van der Waals surface area contributed by atoms with E-state index in [1.807, 2.05) is 31.2 Å². The molecule has 2 N–H and O–H groups in total. The number of hydrogen-bond acceptors (Lipinski definition) is 3. The number of aromatic nitrogens is 1. The maximum Gasteiger partial charge on any atom is 0.142 e. The molecule has 1 aromatic heterocycles. The smallest absolute Gasteiger partial charge is 0.142 e. The Morgan fingerprint density at radius 3 is 2.33 bits per heavy atom. The van der Waals surface area contributed by atoms with Gasteiger partial charge in [-0.15, -0.1) is 0 Å². The molecule has 0 radical (unpaired) electrons. The van der Waals surface area contributed by atoms with Crippen molar-refractivity contribution in [2.45, 2.75) is 20.8 Å². The van der Waals surface area contributed by atoms with Crippen LogP contribution in [0.5, 0.6) is 0 Å². The Balaban J connectivity index is 2.26. The third-order valence-electron chi connectivity index (χ3n) is 4.15. The van der Waals surface area contributed by atoms with Crippen LogP contribution in [0.4, 0.5) is 5.82 Å². The second-order valence-corrected chi connectivity index (χ2v) is 6.11. The molecule has 0 bridgehead atoms. The lowest BCUT2D eigenvalue weighted by atomic mass is 9.95. The summed E-state index contributed by atoms with van der Waals surface area (Å²) in [5.74, 6) is 0.270. The molecule has 3 rings (SSSR count). The molecule has 0 atom stereocenters. The van der Waals surface area contributed by atoms with Crippen LogP contribution in [-0.2, 0) is 0 Å². The van der Waals surface area contributed by atoms with Crippen LogP contribution in [0, 0.1) is 32.1 Å². The number of pyridine rings is 1. The van der Waals surface area contributed by atoms with E-state index >= 15 is 0 Å². The minimum atomic E-state index is 0.270. The quantitative estimate of drug-likeness (QED) is 0.739. The number of aryl methyl sites for hydroxylation is 3. The molecule has 24 heavy (non-hydrogen) atoms. The second kappa shape index (κ2) is 6.17. The Bertz CT molecular complexity index is 965. The summed E-state index contributed by atoms with van der Waals surface area (Å²) in [5.41, 5.74) is 13.6. The van der Waals surface area contributed by atoms with Crippen molar-refractivity contribution in [3.63, 3.8) is 0 Å². The zero-order valence-electron chi connectivity index (χ0n) is 14.1. The summed E-state index contributed by atoms with van der Waals surface area (Å²) in [7, 11) is 0. The summed E-state index contributed by atoms with van der Waals surface area (Å²) in [6, 6.07) is 18.5. The van der Waals surface area contributed by atoms with E-state index < -0.39 is 0 Å². The minimum Gasteiger partial charge on any atom is -0.383 e. The fourth-order valence-corrected chi connectivity index (χ4v) is 2.96. The molecule has 3 heteroatoms. The van der Waals surface area contributed by atoms with Crippen LogP contribution in [0.2, 0.25) is 0 Å². The molecule has 0 aliphatic heterocycles. The van der Waals surface area contributed by atoms with Crippen LogP contribution in [0.25, 0.3) is 22.4 Å². The maximum absolute atomic E-state index is 9.51. The molecule has 3 aromatic rings. The second-order valence-electron chi connectivity index (χ2n) is 6.11. The van der Waals surface area contributed by atoms with Gasteiger partial charge in [0.15, 0.2) is 0 Å². The van der Waals surface area contributed by atoms with Gasteiger partial charge in [0, 0.05) is 11.1 Å². The first-order valence-electron chi connectivity index (χ1n) is 7.85. The fourth-order valence-electron chi connectivity index (χ4n) is 2.96. The van der Waals surface area contributed by atoms with E-state index in [-0.39, 0.29) is 5.82 Å². The van der Waals surface area contributed by atoms with Crippen LogP contribution in [0.1, 0.15) is 22.3 Å². The summed E-state index contributed by atoms with van der Waals surface area (Å²) in [6.45, 7) is 6.16. The molecule has 0 unspecified atom stereocenters. The van der Waals surface area contributed by atoms with Gasteiger partial charge in [-0.25, -0.2) is 4.98 Å². The highest BCUT2D eigenvalue weighted by atomic mass is 14.8. The standard InChI is InChI=1S/C21H19N3/c1-13-5-4-6-16(10-13)18-11-20(24-21(23)19(18)12-22)17-8-7-14(2)9-15(17)3/h4-11H,1-3H3,(H2,23,24). The number of anilines is 1. The SMILES string of the molecule is Cc1cccc(-c2cc(-c3ccc(C)cc3C)nc(N)c2C#N)c1. The van der Waals surface area contributed by atoms with Gasteiger partial charge in [-0.3, -0.25) is 0 Å². The maximum atomic E-state index is 9.51. The number of nitrogen functional groups attached to an aromatic ring is 1. The fraction of sp³-hybridized carbons (Fsp3) is 0.143. The van der Waals surface area contributed by atoms with E-state index in [2.05, 4.69) is 49.2 Å².